The van der Waals surface area contributed by atoms with Crippen LogP contribution in [0, 0.1) is 11.8 Å². The van der Waals surface area contributed by atoms with Crippen LogP contribution in [0.3, 0.4) is 0 Å². The zero-order chi connectivity index (χ0) is 14.1. The largest absolute Gasteiger partial charge is 0.493 e. The first-order valence-corrected chi connectivity index (χ1v) is 7.54. The minimum atomic E-state index is 0.630. The van der Waals surface area contributed by atoms with Crippen LogP contribution in [-0.2, 0) is 6.42 Å². The first-order chi connectivity index (χ1) is 9.13. The van der Waals surface area contributed by atoms with E-state index < -0.39 is 0 Å². The maximum Gasteiger partial charge on any atom is 0.122 e. The van der Waals surface area contributed by atoms with Crippen LogP contribution in [0.4, 0.5) is 0 Å². The summed E-state index contributed by atoms with van der Waals surface area (Å²) < 4.78 is 5.81. The summed E-state index contributed by atoms with van der Waals surface area (Å²) in [4.78, 5) is 0. The molecule has 1 N–H and O–H groups in total. The van der Waals surface area contributed by atoms with Crippen molar-refractivity contribution in [3.8, 4) is 5.75 Å². The van der Waals surface area contributed by atoms with E-state index in [0.29, 0.717) is 11.8 Å². The maximum atomic E-state index is 5.81. The molecule has 1 rings (SSSR count). The highest BCUT2D eigenvalue weighted by molar-refractivity contribution is 5.33. The van der Waals surface area contributed by atoms with Gasteiger partial charge in [0.25, 0.3) is 0 Å². The van der Waals surface area contributed by atoms with Crippen molar-refractivity contribution in [1.82, 2.24) is 5.32 Å². The highest BCUT2D eigenvalue weighted by Gasteiger charge is 2.08. The van der Waals surface area contributed by atoms with E-state index in [-0.39, 0.29) is 0 Å². The van der Waals surface area contributed by atoms with Gasteiger partial charge in [0.15, 0.2) is 0 Å². The molecule has 0 bridgehead atoms. The number of rotatable bonds is 9. The van der Waals surface area contributed by atoms with Gasteiger partial charge in [0.05, 0.1) is 6.61 Å². The number of benzene rings is 1. The van der Waals surface area contributed by atoms with Crippen LogP contribution >= 0.6 is 0 Å². The second kappa shape index (κ2) is 8.98. The average molecular weight is 263 g/mol. The molecule has 0 aromatic heterocycles. The van der Waals surface area contributed by atoms with E-state index >= 15 is 0 Å². The monoisotopic (exact) mass is 263 g/mol. The third-order valence-electron chi connectivity index (χ3n) is 3.05. The van der Waals surface area contributed by atoms with Crippen molar-refractivity contribution in [2.45, 2.75) is 40.5 Å². The summed E-state index contributed by atoms with van der Waals surface area (Å²) in [5.74, 6) is 2.40. The molecule has 0 heterocycles. The number of nitrogens with one attached hydrogen (secondary N) is 1. The molecule has 0 aliphatic rings. The average Bonchev–Trinajstić information content (AvgIpc) is 2.37. The number of para-hydroxylation sites is 1. The van der Waals surface area contributed by atoms with Crippen molar-refractivity contribution in [3.63, 3.8) is 0 Å². The van der Waals surface area contributed by atoms with E-state index in [0.717, 1.165) is 38.3 Å². The Morgan fingerprint density at radius 3 is 2.53 bits per heavy atom. The van der Waals surface area contributed by atoms with Gasteiger partial charge in [-0.3, -0.25) is 0 Å². The zero-order valence-electron chi connectivity index (χ0n) is 12.9. The second-order valence-corrected chi connectivity index (χ2v) is 5.82. The van der Waals surface area contributed by atoms with E-state index in [9.17, 15) is 0 Å². The van der Waals surface area contributed by atoms with Gasteiger partial charge in [0, 0.05) is 0 Å². The summed E-state index contributed by atoms with van der Waals surface area (Å²) in [6.07, 6.45) is 2.13. The fourth-order valence-corrected chi connectivity index (χ4v) is 2.09. The lowest BCUT2D eigenvalue weighted by Gasteiger charge is -2.16. The minimum Gasteiger partial charge on any atom is -0.493 e. The number of hydrogen-bond donors (Lipinski definition) is 1. The van der Waals surface area contributed by atoms with Gasteiger partial charge in [-0.2, -0.15) is 0 Å². The molecule has 1 aromatic carbocycles. The normalized spacial score (nSPS) is 12.7. The van der Waals surface area contributed by atoms with E-state index in [1.807, 2.05) is 0 Å². The van der Waals surface area contributed by atoms with Crippen LogP contribution in [0.5, 0.6) is 5.75 Å². The van der Waals surface area contributed by atoms with Crippen molar-refractivity contribution >= 4 is 0 Å². The Labute approximate surface area is 118 Å². The van der Waals surface area contributed by atoms with Crippen LogP contribution < -0.4 is 10.1 Å². The van der Waals surface area contributed by atoms with Crippen LogP contribution in [0.2, 0.25) is 0 Å². The standard InChI is InChI=1S/C17H29NO/c1-5-10-19-17-9-7-6-8-16(17)11-15(4)13-18-12-14(2)3/h6-9,14-15,18H,5,10-13H2,1-4H3. The predicted molar refractivity (Wildman–Crippen MR) is 82.8 cm³/mol. The molecule has 0 amide bonds. The number of ether oxygens (including phenoxy) is 1. The lowest BCUT2D eigenvalue weighted by molar-refractivity contribution is 0.312. The SMILES string of the molecule is CCCOc1ccccc1CC(C)CNCC(C)C. The molecule has 19 heavy (non-hydrogen) atoms. The topological polar surface area (TPSA) is 21.3 Å². The highest BCUT2D eigenvalue weighted by atomic mass is 16.5. The quantitative estimate of drug-likeness (QED) is 0.729. The Morgan fingerprint density at radius 2 is 1.84 bits per heavy atom. The molecule has 0 saturated carbocycles. The van der Waals surface area contributed by atoms with Crippen molar-refractivity contribution in [2.24, 2.45) is 11.8 Å². The van der Waals surface area contributed by atoms with Gasteiger partial charge in [-0.1, -0.05) is 45.9 Å². The smallest absolute Gasteiger partial charge is 0.122 e. The molecule has 0 aliphatic carbocycles. The van der Waals surface area contributed by atoms with Crippen molar-refractivity contribution in [2.75, 3.05) is 19.7 Å². The zero-order valence-corrected chi connectivity index (χ0v) is 12.9. The molecule has 1 unspecified atom stereocenters. The Morgan fingerprint density at radius 1 is 1.11 bits per heavy atom. The molecule has 2 nitrogen and oxygen atoms in total. The molecule has 1 atom stereocenters. The Bertz CT molecular complexity index is 349. The third-order valence-corrected chi connectivity index (χ3v) is 3.05. The van der Waals surface area contributed by atoms with Crippen molar-refractivity contribution < 1.29 is 4.74 Å². The summed E-state index contributed by atoms with van der Waals surface area (Å²) in [5.41, 5.74) is 1.33. The molecule has 0 fully saturated rings. The van der Waals surface area contributed by atoms with Crippen LogP contribution in [0.1, 0.15) is 39.7 Å². The molecular weight excluding hydrogens is 234 g/mol. The summed E-state index contributed by atoms with van der Waals surface area (Å²) in [5, 5.41) is 3.53. The first kappa shape index (κ1) is 16.0. The van der Waals surface area contributed by atoms with Gasteiger partial charge < -0.3 is 10.1 Å². The lowest BCUT2D eigenvalue weighted by Crippen LogP contribution is -2.26. The van der Waals surface area contributed by atoms with E-state index in [2.05, 4.69) is 57.3 Å². The molecule has 0 saturated heterocycles. The van der Waals surface area contributed by atoms with E-state index in [1.165, 1.54) is 5.56 Å². The van der Waals surface area contributed by atoms with Crippen LogP contribution in [0.15, 0.2) is 24.3 Å². The summed E-state index contributed by atoms with van der Waals surface area (Å²) in [6, 6.07) is 8.42. The fraction of sp³-hybridized carbons (Fsp3) is 0.647. The van der Waals surface area contributed by atoms with Crippen LogP contribution in [0.25, 0.3) is 0 Å². The Balaban J connectivity index is 2.46. The van der Waals surface area contributed by atoms with Gasteiger partial charge in [0.2, 0.25) is 0 Å². The highest BCUT2D eigenvalue weighted by Crippen LogP contribution is 2.21. The van der Waals surface area contributed by atoms with E-state index in [1.54, 1.807) is 0 Å². The van der Waals surface area contributed by atoms with Gasteiger partial charge in [-0.15, -0.1) is 0 Å². The molecule has 0 spiro atoms. The minimum absolute atomic E-state index is 0.630. The molecule has 1 aromatic rings. The number of hydrogen-bond acceptors (Lipinski definition) is 2. The predicted octanol–water partition coefficient (Wildman–Crippen LogP) is 3.90. The molecule has 0 radical (unpaired) electrons. The Hall–Kier alpha value is -1.02. The molecule has 108 valence electrons. The Kier molecular flexibility index (Phi) is 7.57. The van der Waals surface area contributed by atoms with Gasteiger partial charge in [-0.05, 0) is 49.4 Å². The van der Waals surface area contributed by atoms with Crippen LogP contribution in [-0.4, -0.2) is 19.7 Å². The second-order valence-electron chi connectivity index (χ2n) is 5.82. The third kappa shape index (κ3) is 6.63. The van der Waals surface area contributed by atoms with Crippen molar-refractivity contribution in [1.29, 1.82) is 0 Å². The fourth-order valence-electron chi connectivity index (χ4n) is 2.09. The van der Waals surface area contributed by atoms with E-state index in [4.69, 9.17) is 4.74 Å². The van der Waals surface area contributed by atoms with Gasteiger partial charge >= 0.3 is 0 Å². The summed E-state index contributed by atoms with van der Waals surface area (Å²) in [6.45, 7) is 11.9. The van der Waals surface area contributed by atoms with Gasteiger partial charge in [0.1, 0.15) is 5.75 Å². The summed E-state index contributed by atoms with van der Waals surface area (Å²) in [7, 11) is 0. The maximum absolute atomic E-state index is 5.81. The molecular formula is C17H29NO. The summed E-state index contributed by atoms with van der Waals surface area (Å²) >= 11 is 0. The van der Waals surface area contributed by atoms with Crippen molar-refractivity contribution in [3.05, 3.63) is 29.8 Å². The first-order valence-electron chi connectivity index (χ1n) is 7.54. The van der Waals surface area contributed by atoms with Gasteiger partial charge in [-0.25, -0.2) is 0 Å². The molecule has 2 heteroatoms. The lowest BCUT2D eigenvalue weighted by atomic mass is 10.00. The molecule has 0 aliphatic heterocycles.